The molecule has 1 aliphatic heterocycles. The highest BCUT2D eigenvalue weighted by atomic mass is 35.5. The van der Waals surface area contributed by atoms with Crippen molar-refractivity contribution in [1.82, 2.24) is 0 Å². The second-order valence-corrected chi connectivity index (χ2v) is 6.58. The first-order chi connectivity index (χ1) is 10.00. The summed E-state index contributed by atoms with van der Waals surface area (Å²) in [5.74, 6) is 0.927. The third-order valence-corrected chi connectivity index (χ3v) is 4.63. The van der Waals surface area contributed by atoms with Crippen molar-refractivity contribution >= 4 is 11.6 Å². The normalized spacial score (nSPS) is 15.4. The Morgan fingerprint density at radius 1 is 1.19 bits per heavy atom. The van der Waals surface area contributed by atoms with Crippen LogP contribution >= 0.6 is 11.6 Å². The van der Waals surface area contributed by atoms with Gasteiger partial charge in [-0.05, 0) is 23.3 Å². The van der Waals surface area contributed by atoms with Gasteiger partial charge in [0.2, 0.25) is 0 Å². The average molecular weight is 302 g/mol. The SMILES string of the molecule is CC(C)(c1ccccc1)C(N)c1cc(Cl)cc2c1OCC2. The zero-order chi connectivity index (χ0) is 15.0. The van der Waals surface area contributed by atoms with Crippen LogP contribution in [0.15, 0.2) is 42.5 Å². The lowest BCUT2D eigenvalue weighted by molar-refractivity contribution is 0.340. The molecule has 0 amide bonds. The summed E-state index contributed by atoms with van der Waals surface area (Å²) in [4.78, 5) is 0. The smallest absolute Gasteiger partial charge is 0.127 e. The Kier molecular flexibility index (Phi) is 3.68. The fraction of sp³-hybridized carbons (Fsp3) is 0.333. The Hall–Kier alpha value is -1.51. The van der Waals surface area contributed by atoms with Gasteiger partial charge in [0.05, 0.1) is 6.61 Å². The maximum absolute atomic E-state index is 6.61. The van der Waals surface area contributed by atoms with Crippen LogP contribution in [0.1, 0.15) is 36.6 Å². The van der Waals surface area contributed by atoms with Crippen LogP contribution in [0, 0.1) is 0 Å². The maximum atomic E-state index is 6.61. The van der Waals surface area contributed by atoms with Gasteiger partial charge in [-0.1, -0.05) is 55.8 Å². The molecule has 3 heteroatoms. The zero-order valence-electron chi connectivity index (χ0n) is 12.4. The van der Waals surface area contributed by atoms with Crippen LogP contribution < -0.4 is 10.5 Å². The first kappa shape index (κ1) is 14.4. The lowest BCUT2D eigenvalue weighted by Crippen LogP contribution is -2.33. The van der Waals surface area contributed by atoms with Gasteiger partial charge in [-0.15, -0.1) is 0 Å². The first-order valence-corrected chi connectivity index (χ1v) is 7.64. The Balaban J connectivity index is 2.05. The van der Waals surface area contributed by atoms with Crippen LogP contribution in [-0.4, -0.2) is 6.61 Å². The zero-order valence-corrected chi connectivity index (χ0v) is 13.2. The molecule has 2 N–H and O–H groups in total. The first-order valence-electron chi connectivity index (χ1n) is 7.26. The molecule has 2 nitrogen and oxygen atoms in total. The Morgan fingerprint density at radius 2 is 1.90 bits per heavy atom. The summed E-state index contributed by atoms with van der Waals surface area (Å²) in [6.07, 6.45) is 0.904. The van der Waals surface area contributed by atoms with Crippen LogP contribution in [0.5, 0.6) is 5.75 Å². The van der Waals surface area contributed by atoms with Gasteiger partial charge in [-0.2, -0.15) is 0 Å². The molecule has 0 bridgehead atoms. The topological polar surface area (TPSA) is 35.2 Å². The lowest BCUT2D eigenvalue weighted by Gasteiger charge is -2.33. The molecule has 1 atom stereocenters. The second-order valence-electron chi connectivity index (χ2n) is 6.15. The monoisotopic (exact) mass is 301 g/mol. The second kappa shape index (κ2) is 5.36. The highest BCUT2D eigenvalue weighted by molar-refractivity contribution is 6.30. The molecule has 0 radical (unpaired) electrons. The van der Waals surface area contributed by atoms with Gasteiger partial charge in [0, 0.05) is 28.5 Å². The maximum Gasteiger partial charge on any atom is 0.127 e. The molecule has 0 aliphatic carbocycles. The van der Waals surface area contributed by atoms with Gasteiger partial charge < -0.3 is 10.5 Å². The van der Waals surface area contributed by atoms with E-state index in [1.807, 2.05) is 30.3 Å². The number of benzene rings is 2. The molecule has 3 rings (SSSR count). The van der Waals surface area contributed by atoms with Crippen molar-refractivity contribution in [1.29, 1.82) is 0 Å². The van der Waals surface area contributed by atoms with Crippen LogP contribution in [-0.2, 0) is 11.8 Å². The minimum atomic E-state index is -0.203. The van der Waals surface area contributed by atoms with Crippen LogP contribution in [0.25, 0.3) is 0 Å². The van der Waals surface area contributed by atoms with Crippen molar-refractivity contribution in [3.05, 3.63) is 64.2 Å². The fourth-order valence-corrected chi connectivity index (χ4v) is 3.21. The van der Waals surface area contributed by atoms with Crippen molar-refractivity contribution in [2.75, 3.05) is 6.61 Å². The van der Waals surface area contributed by atoms with Crippen molar-refractivity contribution in [3.63, 3.8) is 0 Å². The molecule has 0 saturated carbocycles. The molecular formula is C18H20ClNO. The minimum absolute atomic E-state index is 0.176. The van der Waals surface area contributed by atoms with E-state index in [4.69, 9.17) is 22.1 Å². The number of ether oxygens (including phenoxy) is 1. The van der Waals surface area contributed by atoms with Crippen molar-refractivity contribution in [2.24, 2.45) is 5.73 Å². The molecule has 0 spiro atoms. The van der Waals surface area contributed by atoms with E-state index in [9.17, 15) is 0 Å². The molecule has 0 aromatic heterocycles. The summed E-state index contributed by atoms with van der Waals surface area (Å²) in [5, 5.41) is 0.730. The summed E-state index contributed by atoms with van der Waals surface area (Å²) in [5.41, 5.74) is 9.78. The van der Waals surface area contributed by atoms with E-state index in [2.05, 4.69) is 26.0 Å². The van der Waals surface area contributed by atoms with Crippen molar-refractivity contribution in [2.45, 2.75) is 31.7 Å². The van der Waals surface area contributed by atoms with Gasteiger partial charge in [-0.3, -0.25) is 0 Å². The highest BCUT2D eigenvalue weighted by Gasteiger charge is 2.33. The third kappa shape index (κ3) is 2.54. The molecule has 110 valence electrons. The van der Waals surface area contributed by atoms with E-state index < -0.39 is 0 Å². The standard InChI is InChI=1S/C18H20ClNO/c1-18(2,13-6-4-3-5-7-13)17(20)15-11-14(19)10-12-8-9-21-16(12)15/h3-7,10-11,17H,8-9,20H2,1-2H3. The molecule has 2 aromatic carbocycles. The Morgan fingerprint density at radius 3 is 2.62 bits per heavy atom. The molecule has 1 unspecified atom stereocenters. The number of halogens is 1. The summed E-state index contributed by atoms with van der Waals surface area (Å²) in [6, 6.07) is 14.1. The van der Waals surface area contributed by atoms with E-state index in [0.29, 0.717) is 6.61 Å². The predicted molar refractivity (Wildman–Crippen MR) is 87.0 cm³/mol. The number of hydrogen-bond acceptors (Lipinski definition) is 2. The van der Waals surface area contributed by atoms with Gasteiger partial charge in [-0.25, -0.2) is 0 Å². The number of rotatable bonds is 3. The molecular weight excluding hydrogens is 282 g/mol. The Labute approximate surface area is 130 Å². The predicted octanol–water partition coefficient (Wildman–Crippen LogP) is 4.25. The molecule has 0 saturated heterocycles. The van der Waals surface area contributed by atoms with E-state index in [1.165, 1.54) is 5.56 Å². The summed E-state index contributed by atoms with van der Waals surface area (Å²) in [6.45, 7) is 5.03. The lowest BCUT2D eigenvalue weighted by atomic mass is 9.75. The van der Waals surface area contributed by atoms with Crippen LogP contribution in [0.2, 0.25) is 5.02 Å². The number of hydrogen-bond donors (Lipinski definition) is 1. The van der Waals surface area contributed by atoms with Crippen LogP contribution in [0.4, 0.5) is 0 Å². The van der Waals surface area contributed by atoms with Gasteiger partial charge >= 0.3 is 0 Å². The quantitative estimate of drug-likeness (QED) is 0.919. The largest absolute Gasteiger partial charge is 0.493 e. The fourth-order valence-electron chi connectivity index (χ4n) is 2.96. The molecule has 1 heterocycles. The van der Waals surface area contributed by atoms with E-state index >= 15 is 0 Å². The number of fused-ring (bicyclic) bond motifs is 1. The highest BCUT2D eigenvalue weighted by Crippen LogP contribution is 2.42. The average Bonchev–Trinajstić information content (AvgIpc) is 2.94. The van der Waals surface area contributed by atoms with Gasteiger partial charge in [0.1, 0.15) is 5.75 Å². The molecule has 2 aromatic rings. The van der Waals surface area contributed by atoms with E-state index in [-0.39, 0.29) is 11.5 Å². The summed E-state index contributed by atoms with van der Waals surface area (Å²) >= 11 is 6.26. The van der Waals surface area contributed by atoms with Crippen LogP contribution in [0.3, 0.4) is 0 Å². The van der Waals surface area contributed by atoms with Crippen molar-refractivity contribution < 1.29 is 4.74 Å². The van der Waals surface area contributed by atoms with Gasteiger partial charge in [0.15, 0.2) is 0 Å². The Bertz CT molecular complexity index is 652. The van der Waals surface area contributed by atoms with E-state index in [0.717, 1.165) is 28.3 Å². The molecule has 1 aliphatic rings. The minimum Gasteiger partial charge on any atom is -0.493 e. The van der Waals surface area contributed by atoms with Gasteiger partial charge in [0.25, 0.3) is 0 Å². The number of nitrogens with two attached hydrogens (primary N) is 1. The summed E-state index contributed by atoms with van der Waals surface area (Å²) in [7, 11) is 0. The summed E-state index contributed by atoms with van der Waals surface area (Å²) < 4.78 is 5.80. The molecule has 21 heavy (non-hydrogen) atoms. The molecule has 0 fully saturated rings. The van der Waals surface area contributed by atoms with E-state index in [1.54, 1.807) is 0 Å². The third-order valence-electron chi connectivity index (χ3n) is 4.41. The van der Waals surface area contributed by atoms with Crippen molar-refractivity contribution in [3.8, 4) is 5.75 Å².